The van der Waals surface area contributed by atoms with E-state index in [-0.39, 0.29) is 11.8 Å². The van der Waals surface area contributed by atoms with Crippen LogP contribution in [0.25, 0.3) is 0 Å². The minimum absolute atomic E-state index is 0.125. The molecule has 0 radical (unpaired) electrons. The molecule has 5 nitrogen and oxygen atoms in total. The molecule has 2 amide bonds. The number of thiophene rings is 1. The molecule has 1 unspecified atom stereocenters. The number of aryl methyl sites for hydroxylation is 1. The number of benzene rings is 2. The SMILES string of the molecule is Cc1ccc(CN2C(=O)c3ccccc3OCCCC2(C(=O)NCCC(C)C)c2cccs2)cc1. The number of hydrogen-bond donors (Lipinski definition) is 1. The monoisotopic (exact) mass is 490 g/mol. The summed E-state index contributed by atoms with van der Waals surface area (Å²) in [6.07, 6.45) is 2.00. The zero-order valence-corrected chi connectivity index (χ0v) is 21.6. The number of fused-ring (bicyclic) bond motifs is 1. The lowest BCUT2D eigenvalue weighted by Gasteiger charge is -2.42. The number of carbonyl (C=O) groups is 2. The van der Waals surface area contributed by atoms with Crippen LogP contribution in [-0.2, 0) is 16.9 Å². The van der Waals surface area contributed by atoms with Crippen molar-refractivity contribution >= 4 is 23.2 Å². The largest absolute Gasteiger partial charge is 0.493 e. The van der Waals surface area contributed by atoms with Gasteiger partial charge in [-0.3, -0.25) is 9.59 Å². The highest BCUT2D eigenvalue weighted by Gasteiger charge is 2.49. The highest BCUT2D eigenvalue weighted by molar-refractivity contribution is 7.10. The van der Waals surface area contributed by atoms with E-state index < -0.39 is 5.54 Å². The van der Waals surface area contributed by atoms with Crippen molar-refractivity contribution in [3.05, 3.63) is 87.6 Å². The number of ether oxygens (including phenoxy) is 1. The first-order chi connectivity index (χ1) is 16.9. The van der Waals surface area contributed by atoms with Crippen LogP contribution in [0.5, 0.6) is 5.75 Å². The average Bonchev–Trinajstić information content (AvgIpc) is 3.40. The van der Waals surface area contributed by atoms with Gasteiger partial charge in [0.25, 0.3) is 11.8 Å². The van der Waals surface area contributed by atoms with Crippen LogP contribution in [0.15, 0.2) is 66.0 Å². The van der Waals surface area contributed by atoms with Gasteiger partial charge < -0.3 is 15.0 Å². The summed E-state index contributed by atoms with van der Waals surface area (Å²) in [5, 5.41) is 5.16. The molecule has 1 aromatic heterocycles. The summed E-state index contributed by atoms with van der Waals surface area (Å²) < 4.78 is 6.02. The predicted octanol–water partition coefficient (Wildman–Crippen LogP) is 5.93. The number of nitrogens with one attached hydrogen (secondary N) is 1. The third kappa shape index (κ3) is 5.43. The maximum atomic E-state index is 14.3. The van der Waals surface area contributed by atoms with Crippen LogP contribution < -0.4 is 10.1 Å². The van der Waals surface area contributed by atoms with Crippen LogP contribution in [0.3, 0.4) is 0 Å². The molecule has 1 aliphatic heterocycles. The van der Waals surface area contributed by atoms with Gasteiger partial charge in [-0.1, -0.05) is 61.9 Å². The maximum Gasteiger partial charge on any atom is 0.259 e. The third-order valence-electron chi connectivity index (χ3n) is 6.54. The molecule has 0 saturated carbocycles. The molecule has 0 saturated heterocycles. The Bertz CT molecular complexity index is 1140. The van der Waals surface area contributed by atoms with Gasteiger partial charge >= 0.3 is 0 Å². The fourth-order valence-electron chi connectivity index (χ4n) is 4.55. The average molecular weight is 491 g/mol. The van der Waals surface area contributed by atoms with E-state index in [2.05, 4.69) is 19.2 Å². The van der Waals surface area contributed by atoms with E-state index >= 15 is 0 Å². The van der Waals surface area contributed by atoms with Gasteiger partial charge in [0, 0.05) is 18.0 Å². The second-order valence-electron chi connectivity index (χ2n) is 9.60. The lowest BCUT2D eigenvalue weighted by molar-refractivity contribution is -0.133. The fraction of sp³-hybridized carbons (Fsp3) is 0.379. The Balaban J connectivity index is 1.86. The molecule has 0 bridgehead atoms. The number of hydrogen-bond acceptors (Lipinski definition) is 4. The lowest BCUT2D eigenvalue weighted by Crippen LogP contribution is -2.58. The van der Waals surface area contributed by atoms with Gasteiger partial charge in [-0.25, -0.2) is 0 Å². The van der Waals surface area contributed by atoms with Crippen LogP contribution in [0.1, 0.15) is 59.5 Å². The third-order valence-corrected chi connectivity index (χ3v) is 7.56. The zero-order chi connectivity index (χ0) is 24.8. The van der Waals surface area contributed by atoms with Crippen molar-refractivity contribution in [2.45, 2.75) is 52.1 Å². The molecule has 2 heterocycles. The summed E-state index contributed by atoms with van der Waals surface area (Å²) in [4.78, 5) is 31.1. The van der Waals surface area contributed by atoms with Gasteiger partial charge in [0.1, 0.15) is 5.75 Å². The zero-order valence-electron chi connectivity index (χ0n) is 20.8. The van der Waals surface area contributed by atoms with Gasteiger partial charge in [0.2, 0.25) is 0 Å². The van der Waals surface area contributed by atoms with Gasteiger partial charge in [-0.15, -0.1) is 11.3 Å². The number of rotatable bonds is 7. The first-order valence-electron chi connectivity index (χ1n) is 12.3. The Morgan fingerprint density at radius 3 is 2.60 bits per heavy atom. The Kier molecular flexibility index (Phi) is 7.91. The van der Waals surface area contributed by atoms with Crippen LogP contribution in [0.2, 0.25) is 0 Å². The van der Waals surface area contributed by atoms with E-state index in [4.69, 9.17) is 4.74 Å². The van der Waals surface area contributed by atoms with Gasteiger partial charge in [-0.2, -0.15) is 0 Å². The Labute approximate surface area is 212 Å². The molecule has 0 spiro atoms. The Hall–Kier alpha value is -3.12. The van der Waals surface area contributed by atoms with Gasteiger partial charge in [0.15, 0.2) is 5.54 Å². The lowest BCUT2D eigenvalue weighted by atomic mass is 9.86. The van der Waals surface area contributed by atoms with Crippen molar-refractivity contribution in [3.63, 3.8) is 0 Å². The highest BCUT2D eigenvalue weighted by Crippen LogP contribution is 2.41. The summed E-state index contributed by atoms with van der Waals surface area (Å²) in [5.74, 6) is 0.712. The van der Waals surface area contributed by atoms with Crippen molar-refractivity contribution < 1.29 is 14.3 Å². The summed E-state index contributed by atoms with van der Waals surface area (Å²) in [5.41, 5.74) is 1.49. The fourth-order valence-corrected chi connectivity index (χ4v) is 5.52. The number of amides is 2. The normalized spacial score (nSPS) is 18.3. The summed E-state index contributed by atoms with van der Waals surface area (Å²) >= 11 is 1.52. The molecule has 1 aliphatic rings. The minimum Gasteiger partial charge on any atom is -0.493 e. The quantitative estimate of drug-likeness (QED) is 0.447. The van der Waals surface area contributed by atoms with Crippen molar-refractivity contribution in [2.24, 2.45) is 5.92 Å². The molecule has 6 heteroatoms. The van der Waals surface area contributed by atoms with Crippen LogP contribution in [0, 0.1) is 12.8 Å². The van der Waals surface area contributed by atoms with Crippen LogP contribution >= 0.6 is 11.3 Å². The van der Waals surface area contributed by atoms with Crippen molar-refractivity contribution in [1.82, 2.24) is 10.2 Å². The summed E-state index contributed by atoms with van der Waals surface area (Å²) in [6, 6.07) is 19.4. The molecule has 0 fully saturated rings. The maximum absolute atomic E-state index is 14.3. The Morgan fingerprint density at radius 2 is 1.89 bits per heavy atom. The van der Waals surface area contributed by atoms with Crippen molar-refractivity contribution in [1.29, 1.82) is 0 Å². The van der Waals surface area contributed by atoms with Crippen LogP contribution in [-0.4, -0.2) is 29.9 Å². The van der Waals surface area contributed by atoms with Gasteiger partial charge in [0.05, 0.1) is 12.2 Å². The standard InChI is InChI=1S/C29H34N2O3S/c1-21(2)15-17-30-28(33)29(26-10-6-19-35-26)16-7-18-34-25-9-5-4-8-24(25)27(32)31(29)20-23-13-11-22(3)12-14-23/h4-6,8-14,19,21H,7,15-18,20H2,1-3H3,(H,30,33). The molecule has 1 N–H and O–H groups in total. The minimum atomic E-state index is -1.13. The molecule has 184 valence electrons. The molecule has 4 rings (SSSR count). The summed E-state index contributed by atoms with van der Waals surface area (Å²) in [6.45, 7) is 7.66. The number of para-hydroxylation sites is 1. The second-order valence-corrected chi connectivity index (χ2v) is 10.5. The molecular formula is C29H34N2O3S. The highest BCUT2D eigenvalue weighted by atomic mass is 32.1. The van der Waals surface area contributed by atoms with Gasteiger partial charge in [-0.05, 0) is 61.2 Å². The molecule has 35 heavy (non-hydrogen) atoms. The predicted molar refractivity (Wildman–Crippen MR) is 141 cm³/mol. The molecule has 3 aromatic rings. The van der Waals surface area contributed by atoms with Crippen LogP contribution in [0.4, 0.5) is 0 Å². The first kappa shape index (κ1) is 25.0. The van der Waals surface area contributed by atoms with Crippen molar-refractivity contribution in [2.75, 3.05) is 13.2 Å². The first-order valence-corrected chi connectivity index (χ1v) is 13.2. The van der Waals surface area contributed by atoms with E-state index in [1.807, 2.05) is 66.9 Å². The van der Waals surface area contributed by atoms with E-state index in [1.165, 1.54) is 11.3 Å². The molecule has 0 aliphatic carbocycles. The molecular weight excluding hydrogens is 456 g/mol. The topological polar surface area (TPSA) is 58.6 Å². The summed E-state index contributed by atoms with van der Waals surface area (Å²) in [7, 11) is 0. The Morgan fingerprint density at radius 1 is 1.11 bits per heavy atom. The number of nitrogens with zero attached hydrogens (tertiary/aromatic N) is 1. The van der Waals surface area contributed by atoms with E-state index in [0.29, 0.717) is 49.8 Å². The van der Waals surface area contributed by atoms with Crippen molar-refractivity contribution in [3.8, 4) is 5.75 Å². The second kappa shape index (κ2) is 11.1. The molecule has 2 aromatic carbocycles. The van der Waals surface area contributed by atoms with E-state index in [9.17, 15) is 9.59 Å². The number of carbonyl (C=O) groups excluding carboxylic acids is 2. The van der Waals surface area contributed by atoms with E-state index in [0.717, 1.165) is 22.4 Å². The van der Waals surface area contributed by atoms with E-state index in [1.54, 1.807) is 11.0 Å². The smallest absolute Gasteiger partial charge is 0.259 e. The molecule has 1 atom stereocenters.